The normalized spacial score (nSPS) is 18.0. The van der Waals surface area contributed by atoms with Gasteiger partial charge in [-0.15, -0.1) is 0 Å². The van der Waals surface area contributed by atoms with Gasteiger partial charge in [0, 0.05) is 44.6 Å². The molecule has 1 unspecified atom stereocenters. The lowest BCUT2D eigenvalue weighted by molar-refractivity contribution is -0.0349. The Morgan fingerprint density at radius 3 is 2.88 bits per heavy atom. The van der Waals surface area contributed by atoms with E-state index in [4.69, 9.17) is 4.74 Å². The first kappa shape index (κ1) is 16.7. The molecule has 0 aromatic carbocycles. The molecule has 1 aliphatic rings. The van der Waals surface area contributed by atoms with E-state index in [1.54, 1.807) is 6.20 Å². The number of morpholine rings is 1. The molecule has 0 radical (unpaired) electrons. The van der Waals surface area contributed by atoms with Gasteiger partial charge < -0.3 is 10.1 Å². The van der Waals surface area contributed by atoms with E-state index < -0.39 is 0 Å². The largest absolute Gasteiger partial charge is 0.369 e. The van der Waals surface area contributed by atoms with Gasteiger partial charge in [-0.1, -0.05) is 6.07 Å². The first-order chi connectivity index (χ1) is 12.8. The van der Waals surface area contributed by atoms with Crippen LogP contribution in [-0.4, -0.2) is 44.3 Å². The van der Waals surface area contributed by atoms with Crippen molar-refractivity contribution in [1.82, 2.24) is 24.6 Å². The molecule has 3 aromatic rings. The van der Waals surface area contributed by atoms with Crippen LogP contribution in [0.1, 0.15) is 17.4 Å². The molecule has 7 heteroatoms. The lowest BCUT2D eigenvalue weighted by Gasteiger charge is -2.32. The number of aryl methyl sites for hydroxylation is 1. The summed E-state index contributed by atoms with van der Waals surface area (Å²) in [7, 11) is 1.94. The molecule has 0 spiro atoms. The summed E-state index contributed by atoms with van der Waals surface area (Å²) >= 11 is 0. The monoisotopic (exact) mass is 350 g/mol. The molecule has 3 aromatic heterocycles. The van der Waals surface area contributed by atoms with Crippen molar-refractivity contribution in [2.24, 2.45) is 7.05 Å². The third-order valence-electron chi connectivity index (χ3n) is 4.37. The van der Waals surface area contributed by atoms with Gasteiger partial charge in [-0.05, 0) is 24.3 Å². The Morgan fingerprint density at radius 1 is 1.19 bits per heavy atom. The molecule has 0 bridgehead atoms. The molecule has 1 fully saturated rings. The lowest BCUT2D eigenvalue weighted by atomic mass is 10.1. The van der Waals surface area contributed by atoms with Gasteiger partial charge in [0.2, 0.25) is 0 Å². The second-order valence-corrected chi connectivity index (χ2v) is 6.43. The molecule has 4 rings (SSSR count). The predicted octanol–water partition coefficient (Wildman–Crippen LogP) is 2.53. The van der Waals surface area contributed by atoms with E-state index in [0.29, 0.717) is 6.61 Å². The van der Waals surface area contributed by atoms with Crippen LogP contribution in [0, 0.1) is 0 Å². The zero-order valence-corrected chi connectivity index (χ0v) is 14.7. The third-order valence-corrected chi connectivity index (χ3v) is 4.37. The second kappa shape index (κ2) is 7.63. The van der Waals surface area contributed by atoms with E-state index in [9.17, 15) is 0 Å². The predicted molar refractivity (Wildman–Crippen MR) is 98.9 cm³/mol. The van der Waals surface area contributed by atoms with Crippen LogP contribution in [-0.2, 0) is 18.3 Å². The molecule has 4 heterocycles. The fourth-order valence-corrected chi connectivity index (χ4v) is 3.09. The fraction of sp³-hybridized carbons (Fsp3) is 0.316. The number of hydrogen-bond acceptors (Lipinski definition) is 6. The summed E-state index contributed by atoms with van der Waals surface area (Å²) < 4.78 is 7.77. The number of rotatable bonds is 5. The summed E-state index contributed by atoms with van der Waals surface area (Å²) in [5.41, 5.74) is 3.08. The summed E-state index contributed by atoms with van der Waals surface area (Å²) in [4.78, 5) is 11.2. The molecular weight excluding hydrogens is 328 g/mol. The maximum Gasteiger partial charge on any atom is 0.130 e. The van der Waals surface area contributed by atoms with Gasteiger partial charge in [-0.3, -0.25) is 14.6 Å². The molecule has 0 amide bonds. The number of aromatic nitrogens is 4. The summed E-state index contributed by atoms with van der Waals surface area (Å²) in [6, 6.07) is 9.80. The Labute approximate surface area is 152 Å². The van der Waals surface area contributed by atoms with Crippen molar-refractivity contribution in [3.63, 3.8) is 0 Å². The minimum absolute atomic E-state index is 0.00989. The van der Waals surface area contributed by atoms with Crippen LogP contribution in [0.5, 0.6) is 0 Å². The highest BCUT2D eigenvalue weighted by Gasteiger charge is 2.23. The Morgan fingerprint density at radius 2 is 2.15 bits per heavy atom. The van der Waals surface area contributed by atoms with Crippen LogP contribution in [0.2, 0.25) is 0 Å². The first-order valence-corrected chi connectivity index (χ1v) is 8.72. The van der Waals surface area contributed by atoms with Gasteiger partial charge in [0.15, 0.2) is 0 Å². The van der Waals surface area contributed by atoms with Crippen molar-refractivity contribution < 1.29 is 4.74 Å². The zero-order chi connectivity index (χ0) is 17.8. The molecule has 134 valence electrons. The molecular formula is C19H22N6O. The summed E-state index contributed by atoms with van der Waals surface area (Å²) in [5, 5.41) is 7.48. The highest BCUT2D eigenvalue weighted by Crippen LogP contribution is 2.23. The minimum atomic E-state index is -0.00989. The smallest absolute Gasteiger partial charge is 0.130 e. The van der Waals surface area contributed by atoms with Crippen LogP contribution in [0.3, 0.4) is 0 Å². The second-order valence-electron chi connectivity index (χ2n) is 6.43. The maximum atomic E-state index is 5.94. The van der Waals surface area contributed by atoms with Crippen molar-refractivity contribution in [1.29, 1.82) is 0 Å². The van der Waals surface area contributed by atoms with Gasteiger partial charge in [0.05, 0.1) is 30.4 Å². The van der Waals surface area contributed by atoms with Crippen LogP contribution in [0.15, 0.2) is 55.1 Å². The van der Waals surface area contributed by atoms with E-state index >= 15 is 0 Å². The molecule has 7 nitrogen and oxygen atoms in total. The standard InChI is InChI=1S/C19H22N6O/c1-24-12-15(10-22-24)13-25-8-9-26-18(14-25)17-6-5-16(11-21-17)23-19-4-2-3-7-20-19/h2-7,10-12,18H,8-9,13-14H2,1H3,(H,20,23). The quantitative estimate of drug-likeness (QED) is 0.763. The summed E-state index contributed by atoms with van der Waals surface area (Å²) in [6.07, 6.45) is 7.55. The zero-order valence-electron chi connectivity index (χ0n) is 14.7. The average molecular weight is 350 g/mol. The Hall–Kier alpha value is -2.77. The Balaban J connectivity index is 1.38. The topological polar surface area (TPSA) is 68.1 Å². The van der Waals surface area contributed by atoms with Crippen LogP contribution in [0.25, 0.3) is 0 Å². The molecule has 1 aliphatic heterocycles. The van der Waals surface area contributed by atoms with Crippen molar-refractivity contribution >= 4 is 11.5 Å². The molecule has 26 heavy (non-hydrogen) atoms. The van der Waals surface area contributed by atoms with Crippen molar-refractivity contribution in [2.45, 2.75) is 12.6 Å². The molecule has 1 N–H and O–H groups in total. The molecule has 1 saturated heterocycles. The van der Waals surface area contributed by atoms with Gasteiger partial charge in [-0.2, -0.15) is 5.10 Å². The number of nitrogens with one attached hydrogen (secondary N) is 1. The first-order valence-electron chi connectivity index (χ1n) is 8.72. The summed E-state index contributed by atoms with van der Waals surface area (Å²) in [5.74, 6) is 0.804. The third kappa shape index (κ3) is 4.07. The average Bonchev–Trinajstić information content (AvgIpc) is 3.08. The molecule has 0 aliphatic carbocycles. The van der Waals surface area contributed by atoms with Gasteiger partial charge in [0.25, 0.3) is 0 Å². The van der Waals surface area contributed by atoms with E-state index in [1.807, 2.05) is 54.5 Å². The van der Waals surface area contributed by atoms with Crippen LogP contribution >= 0.6 is 0 Å². The van der Waals surface area contributed by atoms with E-state index in [1.165, 1.54) is 5.56 Å². The van der Waals surface area contributed by atoms with Crippen molar-refractivity contribution in [3.05, 3.63) is 66.4 Å². The number of ether oxygens (including phenoxy) is 1. The molecule has 0 saturated carbocycles. The van der Waals surface area contributed by atoms with Gasteiger partial charge >= 0.3 is 0 Å². The number of pyridine rings is 2. The Kier molecular flexibility index (Phi) is 4.90. The van der Waals surface area contributed by atoms with E-state index in [0.717, 1.165) is 36.8 Å². The van der Waals surface area contributed by atoms with Crippen LogP contribution in [0.4, 0.5) is 11.5 Å². The van der Waals surface area contributed by atoms with E-state index in [-0.39, 0.29) is 6.10 Å². The van der Waals surface area contributed by atoms with Gasteiger partial charge in [-0.25, -0.2) is 4.98 Å². The minimum Gasteiger partial charge on any atom is -0.369 e. The lowest BCUT2D eigenvalue weighted by Crippen LogP contribution is -2.38. The van der Waals surface area contributed by atoms with E-state index in [2.05, 4.69) is 31.5 Å². The highest BCUT2D eigenvalue weighted by atomic mass is 16.5. The summed E-state index contributed by atoms with van der Waals surface area (Å²) in [6.45, 7) is 3.34. The Bertz CT molecular complexity index is 833. The number of hydrogen-bond donors (Lipinski definition) is 1. The highest BCUT2D eigenvalue weighted by molar-refractivity contribution is 5.54. The SMILES string of the molecule is Cn1cc(CN2CCOC(c3ccc(Nc4ccccn4)cn3)C2)cn1. The maximum absolute atomic E-state index is 5.94. The van der Waals surface area contributed by atoms with Crippen molar-refractivity contribution in [3.8, 4) is 0 Å². The number of nitrogens with zero attached hydrogens (tertiary/aromatic N) is 5. The van der Waals surface area contributed by atoms with Crippen LogP contribution < -0.4 is 5.32 Å². The molecule has 1 atom stereocenters. The van der Waals surface area contributed by atoms with Crippen molar-refractivity contribution in [2.75, 3.05) is 25.0 Å². The fourth-order valence-electron chi connectivity index (χ4n) is 3.09. The number of anilines is 2. The van der Waals surface area contributed by atoms with Gasteiger partial charge in [0.1, 0.15) is 11.9 Å².